The van der Waals surface area contributed by atoms with E-state index in [1.165, 1.54) is 12.8 Å². The molecule has 0 spiro atoms. The number of nitrogens with zero attached hydrogens (tertiary/aromatic N) is 3. The first-order valence-electron chi connectivity index (χ1n) is 10.0. The largest absolute Gasteiger partial charge is 0.302 e. The van der Waals surface area contributed by atoms with Crippen molar-refractivity contribution in [3.63, 3.8) is 0 Å². The summed E-state index contributed by atoms with van der Waals surface area (Å²) in [6.07, 6.45) is 5.36. The highest BCUT2D eigenvalue weighted by atomic mass is 79.9. The van der Waals surface area contributed by atoms with Gasteiger partial charge < -0.3 is 4.98 Å². The van der Waals surface area contributed by atoms with E-state index in [4.69, 9.17) is 10.1 Å². The highest BCUT2D eigenvalue weighted by molar-refractivity contribution is 9.10. The van der Waals surface area contributed by atoms with Gasteiger partial charge in [-0.25, -0.2) is 9.50 Å². The number of halogens is 1. The van der Waals surface area contributed by atoms with Gasteiger partial charge in [0.2, 0.25) is 0 Å². The Hall–Kier alpha value is -1.47. The number of aromatic amines is 1. The number of fused-ring (bicyclic) bond motifs is 1. The molecule has 0 amide bonds. The summed E-state index contributed by atoms with van der Waals surface area (Å²) in [4.78, 5) is 21.7. The van der Waals surface area contributed by atoms with Crippen LogP contribution in [-0.2, 0) is 6.42 Å². The van der Waals surface area contributed by atoms with E-state index < -0.39 is 0 Å². The zero-order chi connectivity index (χ0) is 20.1. The third kappa shape index (κ3) is 3.47. The lowest BCUT2D eigenvalue weighted by Gasteiger charge is -2.36. The third-order valence-electron chi connectivity index (χ3n) is 6.08. The van der Waals surface area contributed by atoms with Gasteiger partial charge >= 0.3 is 0 Å². The Labute approximate surface area is 177 Å². The first-order chi connectivity index (χ1) is 13.3. The third-order valence-corrected chi connectivity index (χ3v) is 7.93. The van der Waals surface area contributed by atoms with Crippen LogP contribution in [-0.4, -0.2) is 19.6 Å². The van der Waals surface area contributed by atoms with Crippen LogP contribution in [0.1, 0.15) is 70.8 Å². The van der Waals surface area contributed by atoms with E-state index in [1.807, 2.05) is 22.9 Å². The van der Waals surface area contributed by atoms with E-state index in [9.17, 15) is 4.79 Å². The molecule has 1 N–H and O–H groups in total. The molecular weight excluding hydrogens is 436 g/mol. The van der Waals surface area contributed by atoms with Gasteiger partial charge in [0.05, 0.1) is 10.6 Å². The Kier molecular flexibility index (Phi) is 5.25. The number of rotatable bonds is 3. The lowest BCUT2D eigenvalue weighted by Crippen LogP contribution is -2.26. The maximum Gasteiger partial charge on any atom is 0.277 e. The number of imidazole rings is 1. The molecule has 0 radical (unpaired) electrons. The summed E-state index contributed by atoms with van der Waals surface area (Å²) in [6.45, 7) is 9.06. The quantitative estimate of drug-likeness (QED) is 0.535. The van der Waals surface area contributed by atoms with Gasteiger partial charge in [0.1, 0.15) is 5.82 Å². The Bertz CT molecular complexity index is 1050. The van der Waals surface area contributed by atoms with Crippen molar-refractivity contribution in [1.82, 2.24) is 19.6 Å². The van der Waals surface area contributed by atoms with Crippen molar-refractivity contribution in [1.29, 1.82) is 0 Å². The van der Waals surface area contributed by atoms with Gasteiger partial charge in [0, 0.05) is 10.4 Å². The SMILES string of the molecule is CCc1nc([C@H]2CC[C@@H](C(C)(C)C)CC2)n2nc(-c3sccc3Br)[nH]c(=O)c12. The molecule has 5 nitrogen and oxygen atoms in total. The average Bonchev–Trinajstić information content (AvgIpc) is 3.24. The van der Waals surface area contributed by atoms with Crippen molar-refractivity contribution < 1.29 is 0 Å². The number of hydrogen-bond acceptors (Lipinski definition) is 4. The van der Waals surface area contributed by atoms with Crippen LogP contribution in [0.4, 0.5) is 0 Å². The van der Waals surface area contributed by atoms with Crippen LogP contribution in [0.5, 0.6) is 0 Å². The number of aromatic nitrogens is 4. The van der Waals surface area contributed by atoms with Crippen molar-refractivity contribution in [2.24, 2.45) is 11.3 Å². The molecule has 3 heterocycles. The Morgan fingerprint density at radius 2 is 2.00 bits per heavy atom. The molecule has 1 aliphatic carbocycles. The minimum atomic E-state index is -0.107. The molecule has 150 valence electrons. The van der Waals surface area contributed by atoms with Crippen LogP contribution in [0.3, 0.4) is 0 Å². The van der Waals surface area contributed by atoms with Crippen LogP contribution in [0.15, 0.2) is 20.7 Å². The molecule has 28 heavy (non-hydrogen) atoms. The topological polar surface area (TPSA) is 63.1 Å². The van der Waals surface area contributed by atoms with E-state index >= 15 is 0 Å². The molecule has 0 aliphatic heterocycles. The predicted molar refractivity (Wildman–Crippen MR) is 118 cm³/mol. The highest BCUT2D eigenvalue weighted by Gasteiger charge is 2.32. The van der Waals surface area contributed by atoms with Gasteiger partial charge in [0.25, 0.3) is 5.56 Å². The Morgan fingerprint density at radius 1 is 1.29 bits per heavy atom. The van der Waals surface area contributed by atoms with E-state index in [0.29, 0.717) is 22.7 Å². The van der Waals surface area contributed by atoms with E-state index in [1.54, 1.807) is 11.3 Å². The second-order valence-electron chi connectivity index (χ2n) is 8.85. The van der Waals surface area contributed by atoms with E-state index in [-0.39, 0.29) is 5.56 Å². The van der Waals surface area contributed by atoms with Crippen LogP contribution < -0.4 is 5.56 Å². The summed E-state index contributed by atoms with van der Waals surface area (Å²) in [5.41, 5.74) is 1.69. The fourth-order valence-electron chi connectivity index (χ4n) is 4.39. The van der Waals surface area contributed by atoms with E-state index in [0.717, 1.165) is 46.0 Å². The minimum absolute atomic E-state index is 0.107. The lowest BCUT2D eigenvalue weighted by atomic mass is 9.70. The smallest absolute Gasteiger partial charge is 0.277 e. The molecule has 7 heteroatoms. The summed E-state index contributed by atoms with van der Waals surface area (Å²) in [7, 11) is 0. The molecule has 1 fully saturated rings. The Balaban J connectivity index is 1.78. The second kappa shape index (κ2) is 7.41. The fourth-order valence-corrected chi connectivity index (χ4v) is 5.89. The lowest BCUT2D eigenvalue weighted by molar-refractivity contribution is 0.167. The van der Waals surface area contributed by atoms with Gasteiger partial charge in [-0.05, 0) is 70.8 Å². The molecule has 0 unspecified atom stereocenters. The van der Waals surface area contributed by atoms with Crippen molar-refractivity contribution in [2.45, 2.75) is 65.7 Å². The van der Waals surface area contributed by atoms with Crippen molar-refractivity contribution in [2.75, 3.05) is 0 Å². The molecular formula is C21H27BrN4OS. The molecule has 0 aromatic carbocycles. The van der Waals surface area contributed by atoms with Gasteiger partial charge in [-0.2, -0.15) is 0 Å². The van der Waals surface area contributed by atoms with Crippen molar-refractivity contribution in [3.8, 4) is 10.7 Å². The average molecular weight is 463 g/mol. The van der Waals surface area contributed by atoms with Gasteiger partial charge in [-0.1, -0.05) is 27.7 Å². The molecule has 0 atom stereocenters. The molecule has 3 aromatic rings. The normalized spacial score (nSPS) is 20.8. The number of hydrogen-bond donors (Lipinski definition) is 1. The standard InChI is InChI=1S/C21H27BrN4OS/c1-5-15-16-20(27)24-18(17-14(22)10-11-28-17)25-26(16)19(23-15)12-6-8-13(9-7-12)21(2,3)4/h10-13H,5-9H2,1-4H3,(H,24,25,27)/t12-,13+. The molecule has 0 saturated heterocycles. The van der Waals surface area contributed by atoms with Gasteiger partial charge in [-0.3, -0.25) is 4.79 Å². The molecule has 1 saturated carbocycles. The second-order valence-corrected chi connectivity index (χ2v) is 10.6. The molecule has 4 rings (SSSR count). The summed E-state index contributed by atoms with van der Waals surface area (Å²) < 4.78 is 2.78. The zero-order valence-electron chi connectivity index (χ0n) is 16.9. The van der Waals surface area contributed by atoms with Crippen molar-refractivity contribution in [3.05, 3.63) is 37.8 Å². The van der Waals surface area contributed by atoms with Crippen LogP contribution in [0, 0.1) is 11.3 Å². The predicted octanol–water partition coefficient (Wildman–Crippen LogP) is 5.79. The van der Waals surface area contributed by atoms with Gasteiger partial charge in [-0.15, -0.1) is 16.4 Å². The van der Waals surface area contributed by atoms with Gasteiger partial charge in [0.15, 0.2) is 11.3 Å². The van der Waals surface area contributed by atoms with Crippen LogP contribution in [0.2, 0.25) is 0 Å². The first kappa shape index (κ1) is 19.8. The summed E-state index contributed by atoms with van der Waals surface area (Å²) in [6, 6.07) is 1.98. The number of H-pyrrole nitrogens is 1. The summed E-state index contributed by atoms with van der Waals surface area (Å²) >= 11 is 5.12. The fraction of sp³-hybridized carbons (Fsp3) is 0.571. The number of aryl methyl sites for hydroxylation is 1. The summed E-state index contributed by atoms with van der Waals surface area (Å²) in [5, 5.41) is 6.82. The number of nitrogens with one attached hydrogen (secondary N) is 1. The number of thiophene rings is 1. The zero-order valence-corrected chi connectivity index (χ0v) is 19.3. The molecule has 0 bridgehead atoms. The summed E-state index contributed by atoms with van der Waals surface area (Å²) in [5.74, 6) is 2.67. The maximum atomic E-state index is 12.9. The molecule has 3 aromatic heterocycles. The minimum Gasteiger partial charge on any atom is -0.302 e. The first-order valence-corrected chi connectivity index (χ1v) is 11.7. The van der Waals surface area contributed by atoms with Crippen LogP contribution >= 0.6 is 27.3 Å². The van der Waals surface area contributed by atoms with Crippen molar-refractivity contribution >= 4 is 32.8 Å². The van der Waals surface area contributed by atoms with Crippen LogP contribution in [0.25, 0.3) is 16.2 Å². The van der Waals surface area contributed by atoms with E-state index in [2.05, 4.69) is 41.7 Å². The highest BCUT2D eigenvalue weighted by Crippen LogP contribution is 2.43. The monoisotopic (exact) mass is 462 g/mol. The Morgan fingerprint density at radius 3 is 2.57 bits per heavy atom. The molecule has 1 aliphatic rings. The maximum absolute atomic E-state index is 12.9.